The van der Waals surface area contributed by atoms with Gasteiger partial charge in [-0.3, -0.25) is 32.8 Å². The first-order valence-electron chi connectivity index (χ1n) is 12.8. The summed E-state index contributed by atoms with van der Waals surface area (Å²) in [5, 5.41) is 6.20. The van der Waals surface area contributed by atoms with Crippen LogP contribution in [-0.4, -0.2) is 71.3 Å². The Morgan fingerprint density at radius 1 is 1.33 bits per heavy atom. The van der Waals surface area contributed by atoms with Gasteiger partial charge in [0.05, 0.1) is 38.9 Å². The predicted molar refractivity (Wildman–Crippen MR) is 154 cm³/mol. The molecular weight excluding hydrogens is 595 g/mol. The van der Waals surface area contributed by atoms with Crippen molar-refractivity contribution < 1.29 is 37.5 Å². The fourth-order valence-electron chi connectivity index (χ4n) is 3.61. The summed E-state index contributed by atoms with van der Waals surface area (Å²) in [4.78, 5) is 62.6. The molecule has 0 aromatic carbocycles. The molecular formula is C24H35N6O10PS. The molecule has 1 N–H and O–H groups in total. The summed E-state index contributed by atoms with van der Waals surface area (Å²) in [5.41, 5.74) is 7.27. The average Bonchev–Trinajstić information content (AvgIpc) is 3.34. The van der Waals surface area contributed by atoms with Crippen molar-refractivity contribution in [3.8, 4) is 0 Å². The van der Waals surface area contributed by atoms with Crippen molar-refractivity contribution in [2.75, 3.05) is 32.6 Å². The lowest BCUT2D eigenvalue weighted by atomic mass is 10.00. The SMILES string of the molecule is COC(=O)CCNP(=O)(OCCSC(=O)C(C)(C)C)OC[C@H]1O[C@@H](n2cc(C)c(=O)n(/C=C/C=O)c2=O)C[C@@H]1N=[N+]=[N-]. The number of allylic oxidation sites excluding steroid dienone is 1. The minimum atomic E-state index is -4.07. The van der Waals surface area contributed by atoms with Crippen LogP contribution in [0.25, 0.3) is 16.6 Å². The zero-order chi connectivity index (χ0) is 31.5. The Morgan fingerprint density at radius 2 is 2.05 bits per heavy atom. The van der Waals surface area contributed by atoms with Gasteiger partial charge in [-0.25, -0.2) is 19.0 Å². The summed E-state index contributed by atoms with van der Waals surface area (Å²) in [6.45, 7) is 6.13. The van der Waals surface area contributed by atoms with Gasteiger partial charge in [0.25, 0.3) is 5.56 Å². The second kappa shape index (κ2) is 16.0. The van der Waals surface area contributed by atoms with Gasteiger partial charge in [0.2, 0.25) is 0 Å². The molecule has 1 fully saturated rings. The predicted octanol–water partition coefficient (Wildman–Crippen LogP) is 2.55. The van der Waals surface area contributed by atoms with Crippen LogP contribution in [0.2, 0.25) is 0 Å². The van der Waals surface area contributed by atoms with Crippen molar-refractivity contribution in [3.05, 3.63) is 49.1 Å². The number of carbonyl (C=O) groups excluding carboxylic acids is 3. The first-order chi connectivity index (χ1) is 19.8. The van der Waals surface area contributed by atoms with E-state index in [9.17, 15) is 28.5 Å². The van der Waals surface area contributed by atoms with E-state index in [0.717, 1.165) is 33.2 Å². The summed E-state index contributed by atoms with van der Waals surface area (Å²) in [6, 6.07) is -0.860. The molecule has 2 rings (SSSR count). The highest BCUT2D eigenvalue weighted by Crippen LogP contribution is 2.45. The third kappa shape index (κ3) is 10.1. The number of aldehydes is 1. The molecule has 4 atom stereocenters. The summed E-state index contributed by atoms with van der Waals surface area (Å²) < 4.78 is 37.0. The van der Waals surface area contributed by atoms with Gasteiger partial charge in [-0.15, -0.1) is 0 Å². The fourth-order valence-corrected chi connectivity index (χ4v) is 5.83. The van der Waals surface area contributed by atoms with Crippen LogP contribution in [0.3, 0.4) is 0 Å². The monoisotopic (exact) mass is 630 g/mol. The summed E-state index contributed by atoms with van der Waals surface area (Å²) in [6.07, 6.45) is 1.62. The molecule has 232 valence electrons. The molecule has 42 heavy (non-hydrogen) atoms. The van der Waals surface area contributed by atoms with E-state index >= 15 is 0 Å². The number of carbonyl (C=O) groups is 3. The molecule has 1 aliphatic heterocycles. The number of thioether (sulfide) groups is 1. The van der Waals surface area contributed by atoms with Gasteiger partial charge in [-0.05, 0) is 18.5 Å². The number of hydrogen-bond donors (Lipinski definition) is 1. The fraction of sp³-hybridized carbons (Fsp3) is 0.625. The topological polar surface area (TPSA) is 210 Å². The van der Waals surface area contributed by atoms with Crippen LogP contribution in [-0.2, 0) is 37.5 Å². The first-order valence-corrected chi connectivity index (χ1v) is 15.3. The first kappa shape index (κ1) is 35.2. The second-order valence-corrected chi connectivity index (χ2v) is 12.9. The molecule has 0 spiro atoms. The van der Waals surface area contributed by atoms with Crippen LogP contribution < -0.4 is 16.3 Å². The minimum absolute atomic E-state index is 0.0134. The minimum Gasteiger partial charge on any atom is -0.469 e. The molecule has 0 radical (unpaired) electrons. The Bertz CT molecular complexity index is 1380. The van der Waals surface area contributed by atoms with E-state index < -0.39 is 55.4 Å². The molecule has 1 aromatic heterocycles. The highest BCUT2D eigenvalue weighted by molar-refractivity contribution is 8.13. The van der Waals surface area contributed by atoms with E-state index in [1.165, 1.54) is 20.2 Å². The van der Waals surface area contributed by atoms with Gasteiger partial charge < -0.3 is 9.47 Å². The zero-order valence-corrected chi connectivity index (χ0v) is 25.7. The number of esters is 1. The van der Waals surface area contributed by atoms with Crippen LogP contribution in [0.4, 0.5) is 0 Å². The van der Waals surface area contributed by atoms with Gasteiger partial charge in [-0.1, -0.05) is 37.6 Å². The third-order valence-electron chi connectivity index (χ3n) is 5.81. The van der Waals surface area contributed by atoms with Crippen molar-refractivity contribution in [2.24, 2.45) is 10.5 Å². The van der Waals surface area contributed by atoms with E-state index in [1.807, 2.05) is 0 Å². The molecule has 1 unspecified atom stereocenters. The Labute approximate surface area is 245 Å². The van der Waals surface area contributed by atoms with Crippen molar-refractivity contribution in [2.45, 2.75) is 58.9 Å². The maximum atomic E-state index is 13.5. The summed E-state index contributed by atoms with van der Waals surface area (Å²) in [5.74, 6) is -0.377. The highest BCUT2D eigenvalue weighted by Gasteiger charge is 2.39. The van der Waals surface area contributed by atoms with Gasteiger partial charge in [0.1, 0.15) is 12.5 Å². The van der Waals surface area contributed by atoms with Crippen LogP contribution in [0.15, 0.2) is 27.0 Å². The Morgan fingerprint density at radius 3 is 2.67 bits per heavy atom. The number of hydrogen-bond acceptors (Lipinski definition) is 12. The van der Waals surface area contributed by atoms with Crippen molar-refractivity contribution in [1.29, 1.82) is 0 Å². The molecule has 0 amide bonds. The lowest BCUT2D eigenvalue weighted by Crippen LogP contribution is -2.39. The number of azide groups is 1. The van der Waals surface area contributed by atoms with Crippen LogP contribution in [0.5, 0.6) is 0 Å². The second-order valence-electron chi connectivity index (χ2n) is 10.0. The molecule has 1 aromatic rings. The smallest absolute Gasteiger partial charge is 0.405 e. The lowest BCUT2D eigenvalue weighted by molar-refractivity contribution is -0.140. The van der Waals surface area contributed by atoms with Crippen LogP contribution >= 0.6 is 19.5 Å². The summed E-state index contributed by atoms with van der Waals surface area (Å²) in [7, 11) is -2.87. The van der Waals surface area contributed by atoms with Gasteiger partial charge >= 0.3 is 19.4 Å². The number of nitrogens with zero attached hydrogens (tertiary/aromatic N) is 5. The normalized spacial score (nSPS) is 20.2. The van der Waals surface area contributed by atoms with Crippen LogP contribution in [0, 0.1) is 12.3 Å². The van der Waals surface area contributed by atoms with E-state index in [0.29, 0.717) is 6.29 Å². The number of aromatic nitrogens is 2. The van der Waals surface area contributed by atoms with Gasteiger partial charge in [-0.2, -0.15) is 0 Å². The quantitative estimate of drug-likeness (QED) is 0.0433. The summed E-state index contributed by atoms with van der Waals surface area (Å²) >= 11 is 1.01. The number of rotatable bonds is 15. The highest BCUT2D eigenvalue weighted by atomic mass is 32.2. The zero-order valence-electron chi connectivity index (χ0n) is 24.0. The average molecular weight is 631 g/mol. The molecule has 16 nitrogen and oxygen atoms in total. The Balaban J connectivity index is 2.21. The molecule has 18 heteroatoms. The maximum absolute atomic E-state index is 13.5. The number of ether oxygens (including phenoxy) is 2. The number of methoxy groups -OCH3 is 1. The molecule has 2 heterocycles. The molecule has 0 aliphatic carbocycles. The Kier molecular flexibility index (Phi) is 13.4. The number of aryl methyl sites for hydroxylation is 1. The van der Waals surface area contributed by atoms with Crippen molar-refractivity contribution in [3.63, 3.8) is 0 Å². The van der Waals surface area contributed by atoms with E-state index in [-0.39, 0.29) is 42.4 Å². The van der Waals surface area contributed by atoms with E-state index in [2.05, 4.69) is 19.9 Å². The largest absolute Gasteiger partial charge is 0.469 e. The van der Waals surface area contributed by atoms with Gasteiger partial charge in [0, 0.05) is 47.0 Å². The van der Waals surface area contributed by atoms with Gasteiger partial charge in [0.15, 0.2) is 5.12 Å². The standard InChI is InChI=1S/C24H35N6O10PS/c1-16-14-30(23(35)29(21(16)33)9-6-10-31)19-13-17(27-28-25)18(40-19)15-39-41(36,26-8-7-20(32)37-5)38-11-12-42-22(34)24(2,3)4/h6,9-10,14,17-19H,7-8,11-13,15H2,1-5H3,(H,26,36)/b9-6+/t17-,18+,19+,41?/m0/s1. The lowest BCUT2D eigenvalue weighted by Gasteiger charge is -2.23. The molecule has 1 aliphatic rings. The van der Waals surface area contributed by atoms with Crippen molar-refractivity contribution >= 4 is 43.1 Å². The number of nitrogens with one attached hydrogen (secondary N) is 1. The molecule has 0 saturated carbocycles. The van der Waals surface area contributed by atoms with E-state index in [1.54, 1.807) is 20.8 Å². The molecule has 0 bridgehead atoms. The van der Waals surface area contributed by atoms with E-state index in [4.69, 9.17) is 19.3 Å². The Hall–Kier alpha value is -3.04. The van der Waals surface area contributed by atoms with Crippen LogP contribution in [0.1, 0.15) is 45.4 Å². The van der Waals surface area contributed by atoms with Crippen molar-refractivity contribution in [1.82, 2.24) is 14.2 Å². The maximum Gasteiger partial charge on any atom is 0.405 e. The third-order valence-corrected chi connectivity index (χ3v) is 8.67. The molecule has 1 saturated heterocycles.